The largest absolute Gasteiger partial charge is 0.507 e. The minimum Gasteiger partial charge on any atom is -0.507 e. The van der Waals surface area contributed by atoms with Gasteiger partial charge in [-0.1, -0.05) is 100.0 Å². The number of aliphatic hydroxyl groups is 1. The lowest BCUT2D eigenvalue weighted by Gasteiger charge is -2.55. The van der Waals surface area contributed by atoms with Crippen molar-refractivity contribution < 1.29 is 33.1 Å². The van der Waals surface area contributed by atoms with E-state index in [-0.39, 0.29) is 62.1 Å². The number of carbonyl (C=O) groups is 2. The van der Waals surface area contributed by atoms with E-state index >= 15 is 9.59 Å². The summed E-state index contributed by atoms with van der Waals surface area (Å²) in [6.45, 7) is 13.2. The predicted octanol–water partition coefficient (Wildman–Crippen LogP) is 9.32. The lowest BCUT2D eigenvalue weighted by atomic mass is 9.57. The minimum atomic E-state index is -2.91. The lowest BCUT2D eigenvalue weighted by molar-refractivity contribution is -0.140. The Morgan fingerprint density at radius 3 is 2.20 bits per heavy atom. The van der Waals surface area contributed by atoms with Gasteiger partial charge in [-0.2, -0.15) is 0 Å². The molecule has 4 atom stereocenters. The molecular formula is C41H45BrClN3O7Si. The number of pyridine rings is 1. The van der Waals surface area contributed by atoms with Gasteiger partial charge in [0.05, 0.1) is 11.6 Å². The van der Waals surface area contributed by atoms with Crippen molar-refractivity contribution in [1.82, 2.24) is 15.0 Å². The highest BCUT2D eigenvalue weighted by atomic mass is 79.9. The molecule has 0 amide bonds. The summed E-state index contributed by atoms with van der Waals surface area (Å²) in [5.41, 5.74) is 0.825. The van der Waals surface area contributed by atoms with Crippen molar-refractivity contribution >= 4 is 53.2 Å². The molecular weight excluding hydrogens is 790 g/mol. The van der Waals surface area contributed by atoms with Crippen LogP contribution >= 0.6 is 27.5 Å². The van der Waals surface area contributed by atoms with E-state index in [1.165, 1.54) is 0 Å². The van der Waals surface area contributed by atoms with Crippen molar-refractivity contribution in [3.8, 4) is 11.6 Å². The number of halogens is 2. The van der Waals surface area contributed by atoms with Gasteiger partial charge in [0.1, 0.15) is 29.7 Å². The summed E-state index contributed by atoms with van der Waals surface area (Å²) in [4.78, 5) is 37.8. The quantitative estimate of drug-likeness (QED) is 0.0939. The Bertz CT molecular complexity index is 2140. The number of hydrogen-bond acceptors (Lipinski definition) is 10. The zero-order chi connectivity index (χ0) is 38.7. The molecule has 3 aliphatic carbocycles. The lowest BCUT2D eigenvalue weighted by Crippen LogP contribution is -2.68. The van der Waals surface area contributed by atoms with Crippen LogP contribution < -0.4 is 9.47 Å². The average molecular weight is 835 g/mol. The van der Waals surface area contributed by atoms with E-state index in [9.17, 15) is 5.11 Å². The van der Waals surface area contributed by atoms with Crippen LogP contribution in [0.1, 0.15) is 78.5 Å². The van der Waals surface area contributed by atoms with E-state index in [1.54, 1.807) is 0 Å². The molecule has 1 fully saturated rings. The van der Waals surface area contributed by atoms with Crippen molar-refractivity contribution in [2.75, 3.05) is 13.6 Å². The third-order valence-electron chi connectivity index (χ3n) is 11.7. The topological polar surface area (TPSA) is 124 Å². The Kier molecular flexibility index (Phi) is 10.2. The van der Waals surface area contributed by atoms with Gasteiger partial charge in [-0.15, -0.1) is 0 Å². The van der Waals surface area contributed by atoms with Gasteiger partial charge in [0.25, 0.3) is 5.88 Å². The smallest absolute Gasteiger partial charge is 0.265 e. The molecule has 0 saturated heterocycles. The predicted molar refractivity (Wildman–Crippen MR) is 211 cm³/mol. The van der Waals surface area contributed by atoms with Gasteiger partial charge in [-0.25, -0.2) is 4.98 Å². The normalized spacial score (nSPS) is 22.4. The van der Waals surface area contributed by atoms with E-state index in [0.717, 1.165) is 11.1 Å². The van der Waals surface area contributed by atoms with Gasteiger partial charge in [-0.3, -0.25) is 14.5 Å². The Hall–Kier alpha value is -3.81. The molecule has 0 spiro atoms. The van der Waals surface area contributed by atoms with Crippen LogP contribution in [-0.4, -0.2) is 59.2 Å². The standard InChI is InChI=1S/C41H45BrClN3O7Si/c1-8-46(5)31-27-20-25-19-26-29(34(37(42)44-38(26)43)50-21-23-15-11-9-12-16-23)32(47)28(25)35(48)41(27,53-54(6,7)40(2,3)4)36(49)30-33(31)52-45-39(30)51-22-24-17-13-10-14-18-24/h9-18,25,27,31,47H,8,19-22H2,1-7H3/t25-,27-,31-,41-/m0/s1. The first-order chi connectivity index (χ1) is 25.6. The van der Waals surface area contributed by atoms with Gasteiger partial charge >= 0.3 is 0 Å². The van der Waals surface area contributed by atoms with Gasteiger partial charge in [-0.05, 0) is 82.7 Å². The summed E-state index contributed by atoms with van der Waals surface area (Å²) in [7, 11) is -0.969. The fourth-order valence-corrected chi connectivity index (χ4v) is 10.1. The first-order valence-electron chi connectivity index (χ1n) is 18.2. The molecule has 7 rings (SSSR count). The van der Waals surface area contributed by atoms with Crippen LogP contribution in [0.4, 0.5) is 0 Å². The highest BCUT2D eigenvalue weighted by Gasteiger charge is 2.69. The number of aliphatic hydroxyl groups excluding tert-OH is 1. The van der Waals surface area contributed by atoms with Crippen LogP contribution in [0.3, 0.4) is 0 Å². The molecule has 2 aromatic carbocycles. The zero-order valence-corrected chi connectivity index (χ0v) is 34.9. The van der Waals surface area contributed by atoms with Crippen molar-refractivity contribution in [2.24, 2.45) is 11.8 Å². The zero-order valence-electron chi connectivity index (χ0n) is 31.5. The SMILES string of the molecule is CCN(C)[C@@H]1c2onc(OCc3ccccc3)c2C(=O)[C@@]2(O[Si](C)(C)C(C)(C)C)C(=O)C3=C(O)c4c(c(Cl)nc(Br)c4OCc4ccccc4)C[C@H]3C[C@@H]12. The maximum absolute atomic E-state index is 15.7. The number of fused-ring (bicyclic) bond motifs is 4. The Morgan fingerprint density at radius 2 is 1.61 bits per heavy atom. The number of Topliss-reactive ketones (excluding diaryl/α,β-unsaturated/α-hetero) is 2. The van der Waals surface area contributed by atoms with E-state index in [2.05, 4.69) is 51.7 Å². The van der Waals surface area contributed by atoms with Gasteiger partial charge in [0.2, 0.25) is 11.6 Å². The molecule has 1 saturated carbocycles. The molecule has 4 aromatic rings. The molecule has 3 aliphatic rings. The van der Waals surface area contributed by atoms with E-state index < -0.39 is 43.4 Å². The Morgan fingerprint density at radius 1 is 1.00 bits per heavy atom. The molecule has 0 bridgehead atoms. The number of nitrogens with zero attached hydrogens (tertiary/aromatic N) is 3. The van der Waals surface area contributed by atoms with Crippen LogP contribution in [-0.2, 0) is 28.9 Å². The van der Waals surface area contributed by atoms with Gasteiger partial charge < -0.3 is 23.5 Å². The highest BCUT2D eigenvalue weighted by Crippen LogP contribution is 2.59. The van der Waals surface area contributed by atoms with Crippen molar-refractivity contribution in [2.45, 2.75) is 83.5 Å². The van der Waals surface area contributed by atoms with Crippen molar-refractivity contribution in [3.63, 3.8) is 0 Å². The van der Waals surface area contributed by atoms with E-state index in [1.807, 2.05) is 87.7 Å². The van der Waals surface area contributed by atoms with Crippen molar-refractivity contribution in [1.29, 1.82) is 0 Å². The van der Waals surface area contributed by atoms with Crippen LogP contribution in [0.25, 0.3) is 5.76 Å². The Labute approximate surface area is 330 Å². The minimum absolute atomic E-state index is 0.00510. The van der Waals surface area contributed by atoms with E-state index in [4.69, 9.17) is 30.0 Å². The number of hydrogen-bond donors (Lipinski definition) is 1. The van der Waals surface area contributed by atoms with Gasteiger partial charge in [0.15, 0.2) is 30.0 Å². The second kappa shape index (κ2) is 14.4. The maximum Gasteiger partial charge on any atom is 0.265 e. The average Bonchev–Trinajstić information content (AvgIpc) is 3.55. The third kappa shape index (κ3) is 6.33. The molecule has 2 aromatic heterocycles. The summed E-state index contributed by atoms with van der Waals surface area (Å²) < 4.78 is 26.1. The number of ether oxygens (including phenoxy) is 2. The molecule has 0 radical (unpaired) electrons. The van der Waals surface area contributed by atoms with Crippen LogP contribution in [0.5, 0.6) is 11.6 Å². The monoisotopic (exact) mass is 833 g/mol. The maximum atomic E-state index is 15.7. The first-order valence-corrected chi connectivity index (χ1v) is 22.3. The number of carbonyl (C=O) groups excluding carboxylic acids is 2. The second-order valence-corrected chi connectivity index (χ2v) is 21.8. The summed E-state index contributed by atoms with van der Waals surface area (Å²) in [6, 6.07) is 18.6. The fourth-order valence-electron chi connectivity index (χ4n) is 7.80. The molecule has 284 valence electrons. The van der Waals surface area contributed by atoms with Crippen molar-refractivity contribution in [3.05, 3.63) is 110 Å². The second-order valence-electron chi connectivity index (χ2n) is 15.9. The summed E-state index contributed by atoms with van der Waals surface area (Å²) >= 11 is 10.3. The molecule has 10 nitrogen and oxygen atoms in total. The van der Waals surface area contributed by atoms with E-state index in [0.29, 0.717) is 30.7 Å². The third-order valence-corrected chi connectivity index (χ3v) is 17.0. The number of rotatable bonds is 10. The van der Waals surface area contributed by atoms with Gasteiger partial charge in [0, 0.05) is 17.1 Å². The van der Waals surface area contributed by atoms with Crippen LogP contribution in [0, 0.1) is 11.8 Å². The molecule has 0 aliphatic heterocycles. The van der Waals surface area contributed by atoms with Crippen LogP contribution in [0.15, 0.2) is 75.4 Å². The number of ketones is 2. The summed E-state index contributed by atoms with van der Waals surface area (Å²) in [5, 5.41) is 16.5. The highest BCUT2D eigenvalue weighted by molar-refractivity contribution is 9.10. The summed E-state index contributed by atoms with van der Waals surface area (Å²) in [6.07, 6.45) is 0.603. The fraction of sp³-hybridized carbons (Fsp3) is 0.415. The molecule has 13 heteroatoms. The number of aromatic nitrogens is 2. The number of benzene rings is 2. The molecule has 54 heavy (non-hydrogen) atoms. The molecule has 2 heterocycles. The molecule has 1 N–H and O–H groups in total. The summed E-state index contributed by atoms with van der Waals surface area (Å²) in [5.74, 6) is -2.03. The van der Waals surface area contributed by atoms with Crippen LogP contribution in [0.2, 0.25) is 23.3 Å². The Balaban J connectivity index is 1.42. The molecule has 0 unspecified atom stereocenters. The first kappa shape index (κ1) is 38.5.